The molecule has 3 heteroatoms. The quantitative estimate of drug-likeness (QED) is 0.828. The Morgan fingerprint density at radius 2 is 2.20 bits per heavy atom. The van der Waals surface area contributed by atoms with Gasteiger partial charge in [0, 0.05) is 22.8 Å². The SMILES string of the molecule is CSCCNC(C)c1ccc(Br)c(C)c1. The minimum absolute atomic E-state index is 0.434. The highest BCUT2D eigenvalue weighted by atomic mass is 79.9. The van der Waals surface area contributed by atoms with Gasteiger partial charge in [-0.15, -0.1) is 0 Å². The molecule has 0 bridgehead atoms. The number of hydrogen-bond donors (Lipinski definition) is 1. The topological polar surface area (TPSA) is 12.0 Å². The molecule has 1 atom stereocenters. The van der Waals surface area contributed by atoms with Crippen LogP contribution < -0.4 is 5.32 Å². The van der Waals surface area contributed by atoms with Crippen LogP contribution in [0, 0.1) is 6.92 Å². The Hall–Kier alpha value is 0.01000. The molecule has 0 saturated carbocycles. The van der Waals surface area contributed by atoms with Crippen LogP contribution in [0.4, 0.5) is 0 Å². The number of aryl methyl sites for hydroxylation is 1. The van der Waals surface area contributed by atoms with Crippen molar-refractivity contribution in [1.29, 1.82) is 0 Å². The maximum atomic E-state index is 3.52. The van der Waals surface area contributed by atoms with Crippen molar-refractivity contribution in [1.82, 2.24) is 5.32 Å². The van der Waals surface area contributed by atoms with Crippen molar-refractivity contribution >= 4 is 27.7 Å². The van der Waals surface area contributed by atoms with E-state index in [1.54, 1.807) is 0 Å². The van der Waals surface area contributed by atoms with Crippen LogP contribution in [0.15, 0.2) is 22.7 Å². The van der Waals surface area contributed by atoms with Crippen molar-refractivity contribution in [2.45, 2.75) is 19.9 Å². The molecule has 0 aliphatic rings. The van der Waals surface area contributed by atoms with E-state index in [0.29, 0.717) is 6.04 Å². The maximum Gasteiger partial charge on any atom is 0.0292 e. The number of benzene rings is 1. The summed E-state index contributed by atoms with van der Waals surface area (Å²) in [6.07, 6.45) is 2.14. The van der Waals surface area contributed by atoms with Gasteiger partial charge in [0.05, 0.1) is 0 Å². The molecule has 0 aromatic heterocycles. The molecule has 0 spiro atoms. The molecule has 0 fully saturated rings. The van der Waals surface area contributed by atoms with E-state index < -0.39 is 0 Å². The largest absolute Gasteiger partial charge is 0.309 e. The molecular weight excluding hydrogens is 270 g/mol. The summed E-state index contributed by atoms with van der Waals surface area (Å²) in [5.41, 5.74) is 2.66. The molecule has 15 heavy (non-hydrogen) atoms. The third kappa shape index (κ3) is 4.17. The highest BCUT2D eigenvalue weighted by molar-refractivity contribution is 9.10. The van der Waals surface area contributed by atoms with E-state index in [9.17, 15) is 0 Å². The molecule has 1 aromatic rings. The lowest BCUT2D eigenvalue weighted by atomic mass is 10.1. The fourth-order valence-electron chi connectivity index (χ4n) is 1.43. The summed E-state index contributed by atoms with van der Waals surface area (Å²) in [6, 6.07) is 6.97. The second-order valence-corrected chi connectivity index (χ2v) is 5.52. The third-order valence-corrected chi connectivity index (χ3v) is 3.94. The molecule has 0 aliphatic heterocycles. The molecule has 0 radical (unpaired) electrons. The first-order valence-electron chi connectivity index (χ1n) is 5.13. The Balaban J connectivity index is 2.57. The summed E-state index contributed by atoms with van der Waals surface area (Å²) in [6.45, 7) is 5.41. The molecule has 0 saturated heterocycles. The average molecular weight is 288 g/mol. The standard InChI is InChI=1S/C12H18BrNS/c1-9-8-11(4-5-12(9)13)10(2)14-6-7-15-3/h4-5,8,10,14H,6-7H2,1-3H3. The van der Waals surface area contributed by atoms with Crippen LogP contribution >= 0.6 is 27.7 Å². The molecule has 0 heterocycles. The zero-order valence-corrected chi connectivity index (χ0v) is 11.9. The van der Waals surface area contributed by atoms with E-state index in [1.165, 1.54) is 21.4 Å². The van der Waals surface area contributed by atoms with Crippen molar-refractivity contribution in [3.63, 3.8) is 0 Å². The van der Waals surface area contributed by atoms with Crippen LogP contribution in [0.1, 0.15) is 24.1 Å². The monoisotopic (exact) mass is 287 g/mol. The highest BCUT2D eigenvalue weighted by Crippen LogP contribution is 2.20. The van der Waals surface area contributed by atoms with Gasteiger partial charge in [0.2, 0.25) is 0 Å². The maximum absolute atomic E-state index is 3.52. The lowest BCUT2D eigenvalue weighted by Gasteiger charge is -2.14. The summed E-state index contributed by atoms with van der Waals surface area (Å²) >= 11 is 5.39. The molecular formula is C12H18BrNS. The van der Waals surface area contributed by atoms with E-state index in [0.717, 1.165) is 6.54 Å². The summed E-state index contributed by atoms with van der Waals surface area (Å²) < 4.78 is 1.18. The summed E-state index contributed by atoms with van der Waals surface area (Å²) in [5.74, 6) is 1.17. The molecule has 1 unspecified atom stereocenters. The van der Waals surface area contributed by atoms with Crippen LogP contribution in [0.2, 0.25) is 0 Å². The third-order valence-electron chi connectivity index (χ3n) is 2.44. The van der Waals surface area contributed by atoms with Crippen molar-refractivity contribution in [2.75, 3.05) is 18.6 Å². The van der Waals surface area contributed by atoms with Gasteiger partial charge in [0.15, 0.2) is 0 Å². The Morgan fingerprint density at radius 1 is 1.47 bits per heavy atom. The Kier molecular flexibility index (Phi) is 5.72. The van der Waals surface area contributed by atoms with Gasteiger partial charge in [0.25, 0.3) is 0 Å². The van der Waals surface area contributed by atoms with E-state index in [4.69, 9.17) is 0 Å². The van der Waals surface area contributed by atoms with E-state index in [2.05, 4.69) is 59.5 Å². The number of thioether (sulfide) groups is 1. The predicted molar refractivity (Wildman–Crippen MR) is 73.7 cm³/mol. The van der Waals surface area contributed by atoms with Gasteiger partial charge >= 0.3 is 0 Å². The summed E-state index contributed by atoms with van der Waals surface area (Å²) in [7, 11) is 0. The van der Waals surface area contributed by atoms with E-state index in [1.807, 2.05) is 11.8 Å². The lowest BCUT2D eigenvalue weighted by molar-refractivity contribution is 0.601. The smallest absolute Gasteiger partial charge is 0.0292 e. The number of nitrogens with one attached hydrogen (secondary N) is 1. The average Bonchev–Trinajstić information content (AvgIpc) is 2.22. The van der Waals surface area contributed by atoms with Crippen molar-refractivity contribution in [3.05, 3.63) is 33.8 Å². The van der Waals surface area contributed by atoms with E-state index in [-0.39, 0.29) is 0 Å². The fraction of sp³-hybridized carbons (Fsp3) is 0.500. The first-order valence-corrected chi connectivity index (χ1v) is 7.32. The lowest BCUT2D eigenvalue weighted by Crippen LogP contribution is -2.21. The van der Waals surface area contributed by atoms with Crippen molar-refractivity contribution in [3.8, 4) is 0 Å². The normalized spacial score (nSPS) is 12.8. The Morgan fingerprint density at radius 3 is 2.80 bits per heavy atom. The molecule has 84 valence electrons. The minimum atomic E-state index is 0.434. The van der Waals surface area contributed by atoms with Gasteiger partial charge in [-0.1, -0.05) is 28.1 Å². The molecule has 1 nitrogen and oxygen atoms in total. The predicted octanol–water partition coefficient (Wildman–Crippen LogP) is 3.77. The van der Waals surface area contributed by atoms with Crippen molar-refractivity contribution in [2.24, 2.45) is 0 Å². The van der Waals surface area contributed by atoms with Crippen LogP contribution in [-0.2, 0) is 0 Å². The number of hydrogen-bond acceptors (Lipinski definition) is 2. The summed E-state index contributed by atoms with van der Waals surface area (Å²) in [5, 5.41) is 3.51. The molecule has 0 amide bonds. The van der Waals surface area contributed by atoms with E-state index >= 15 is 0 Å². The molecule has 1 N–H and O–H groups in total. The molecule has 1 rings (SSSR count). The van der Waals surface area contributed by atoms with Gasteiger partial charge in [-0.25, -0.2) is 0 Å². The number of halogens is 1. The summed E-state index contributed by atoms with van der Waals surface area (Å²) in [4.78, 5) is 0. The molecule has 1 aromatic carbocycles. The number of rotatable bonds is 5. The Labute approximate surface area is 105 Å². The van der Waals surface area contributed by atoms with Gasteiger partial charge in [0.1, 0.15) is 0 Å². The first kappa shape index (κ1) is 13.1. The van der Waals surface area contributed by atoms with Gasteiger partial charge < -0.3 is 5.32 Å². The van der Waals surface area contributed by atoms with Gasteiger partial charge in [-0.3, -0.25) is 0 Å². The van der Waals surface area contributed by atoms with Crippen molar-refractivity contribution < 1.29 is 0 Å². The van der Waals surface area contributed by atoms with Crippen LogP contribution in [0.25, 0.3) is 0 Å². The van der Waals surface area contributed by atoms with Gasteiger partial charge in [-0.05, 0) is 37.3 Å². The van der Waals surface area contributed by atoms with Crippen LogP contribution in [0.5, 0.6) is 0 Å². The van der Waals surface area contributed by atoms with Crippen LogP contribution in [-0.4, -0.2) is 18.6 Å². The van der Waals surface area contributed by atoms with Crippen LogP contribution in [0.3, 0.4) is 0 Å². The fourth-order valence-corrected chi connectivity index (χ4v) is 2.00. The minimum Gasteiger partial charge on any atom is -0.309 e. The second-order valence-electron chi connectivity index (χ2n) is 3.68. The first-order chi connectivity index (χ1) is 7.15. The van der Waals surface area contributed by atoms with Gasteiger partial charge in [-0.2, -0.15) is 11.8 Å². The zero-order valence-electron chi connectivity index (χ0n) is 9.51. The Bertz CT molecular complexity index is 314. The highest BCUT2D eigenvalue weighted by Gasteiger charge is 2.05. The zero-order chi connectivity index (χ0) is 11.3. The molecule has 0 aliphatic carbocycles. The second kappa shape index (κ2) is 6.56.